The molecule has 140 valence electrons. The minimum atomic E-state index is -3.68. The number of nitrogens with one attached hydrogen (secondary N) is 2. The van der Waals surface area contributed by atoms with Gasteiger partial charge in [0.15, 0.2) is 0 Å². The molecule has 3 aromatic rings. The summed E-state index contributed by atoms with van der Waals surface area (Å²) in [4.78, 5) is 8.34. The quantitative estimate of drug-likeness (QED) is 0.575. The summed E-state index contributed by atoms with van der Waals surface area (Å²) in [7, 11) is -3.68. The number of rotatable bonds is 7. The number of nitrogens with two attached hydrogens (primary N) is 1. The lowest BCUT2D eigenvalue weighted by Crippen LogP contribution is -2.12. The highest BCUT2D eigenvalue weighted by Crippen LogP contribution is 2.17. The molecule has 0 spiro atoms. The van der Waals surface area contributed by atoms with Crippen LogP contribution in [0.2, 0.25) is 0 Å². The van der Waals surface area contributed by atoms with Crippen LogP contribution in [0.5, 0.6) is 0 Å². The summed E-state index contributed by atoms with van der Waals surface area (Å²) < 4.78 is 35.7. The number of halogens is 1. The fourth-order valence-electron chi connectivity index (χ4n) is 2.42. The summed E-state index contributed by atoms with van der Waals surface area (Å²) in [5.74, 6) is 0.821. The Morgan fingerprint density at radius 2 is 1.74 bits per heavy atom. The fraction of sp³-hybridized carbons (Fsp3) is 0.111. The van der Waals surface area contributed by atoms with Crippen LogP contribution >= 0.6 is 0 Å². The molecule has 0 aliphatic rings. The molecule has 4 N–H and O–H groups in total. The Balaban J connectivity index is 1.57. The van der Waals surface area contributed by atoms with Crippen LogP contribution in [0.15, 0.2) is 65.8 Å². The number of nitrogens with zero attached hydrogens (tertiary/aromatic N) is 2. The highest BCUT2D eigenvalue weighted by Gasteiger charge is 2.06. The second kappa shape index (κ2) is 8.11. The van der Waals surface area contributed by atoms with Gasteiger partial charge in [-0.2, -0.15) is 0 Å². The average molecular weight is 387 g/mol. The molecule has 0 saturated heterocycles. The van der Waals surface area contributed by atoms with Gasteiger partial charge in [0, 0.05) is 18.3 Å². The highest BCUT2D eigenvalue weighted by atomic mass is 32.2. The zero-order chi connectivity index (χ0) is 19.3. The van der Waals surface area contributed by atoms with Gasteiger partial charge in [0.1, 0.15) is 23.8 Å². The summed E-state index contributed by atoms with van der Waals surface area (Å²) >= 11 is 0. The maximum Gasteiger partial charge on any atom is 0.238 e. The molecule has 0 radical (unpaired) electrons. The standard InChI is InChI=1S/C18H18FN5O2S/c19-14-2-1-3-15(10-14)24-18-11-17(22-12-23-18)21-9-8-13-4-6-16(7-5-13)27(20,25)26/h1-7,10-12H,8-9H2,(H2,20,25,26)(H2,21,22,23,24). The Morgan fingerprint density at radius 1 is 1.00 bits per heavy atom. The van der Waals surface area contributed by atoms with Crippen molar-refractivity contribution in [1.82, 2.24) is 9.97 Å². The number of benzene rings is 2. The van der Waals surface area contributed by atoms with Crippen molar-refractivity contribution >= 4 is 27.3 Å². The lowest BCUT2D eigenvalue weighted by molar-refractivity contribution is 0.597. The summed E-state index contributed by atoms with van der Waals surface area (Å²) in [6.07, 6.45) is 2.08. The maximum absolute atomic E-state index is 13.2. The Labute approximate surface area is 156 Å². The van der Waals surface area contributed by atoms with E-state index in [2.05, 4.69) is 20.6 Å². The van der Waals surface area contributed by atoms with Gasteiger partial charge < -0.3 is 10.6 Å². The van der Waals surface area contributed by atoms with Gasteiger partial charge in [0.2, 0.25) is 10.0 Å². The number of sulfonamides is 1. The molecule has 27 heavy (non-hydrogen) atoms. The molecule has 7 nitrogen and oxygen atoms in total. The number of hydrogen-bond acceptors (Lipinski definition) is 6. The third-order valence-electron chi connectivity index (χ3n) is 3.74. The van der Waals surface area contributed by atoms with Crippen molar-refractivity contribution in [2.45, 2.75) is 11.3 Å². The van der Waals surface area contributed by atoms with Gasteiger partial charge in [-0.15, -0.1) is 0 Å². The van der Waals surface area contributed by atoms with E-state index in [1.54, 1.807) is 30.3 Å². The van der Waals surface area contributed by atoms with Gasteiger partial charge in [-0.1, -0.05) is 18.2 Å². The molecule has 0 saturated carbocycles. The maximum atomic E-state index is 13.2. The van der Waals surface area contributed by atoms with Gasteiger partial charge in [-0.05, 0) is 42.3 Å². The first-order valence-electron chi connectivity index (χ1n) is 8.10. The fourth-order valence-corrected chi connectivity index (χ4v) is 2.93. The molecule has 0 bridgehead atoms. The van der Waals surface area contributed by atoms with E-state index < -0.39 is 10.0 Å². The van der Waals surface area contributed by atoms with E-state index in [4.69, 9.17) is 5.14 Å². The smallest absolute Gasteiger partial charge is 0.238 e. The molecule has 0 aliphatic heterocycles. The van der Waals surface area contributed by atoms with Crippen LogP contribution in [0, 0.1) is 5.82 Å². The number of primary sulfonamides is 1. The van der Waals surface area contributed by atoms with Crippen LogP contribution in [-0.4, -0.2) is 24.9 Å². The molecule has 2 aromatic carbocycles. The SMILES string of the molecule is NS(=O)(=O)c1ccc(CCNc2cc(Nc3cccc(F)c3)ncn2)cc1. The summed E-state index contributed by atoms with van der Waals surface area (Å²) in [5.41, 5.74) is 1.55. The normalized spacial score (nSPS) is 11.2. The van der Waals surface area contributed by atoms with Crippen LogP contribution in [0.4, 0.5) is 21.7 Å². The number of hydrogen-bond donors (Lipinski definition) is 3. The second-order valence-electron chi connectivity index (χ2n) is 5.79. The third-order valence-corrected chi connectivity index (χ3v) is 4.67. The monoisotopic (exact) mass is 387 g/mol. The first-order chi connectivity index (χ1) is 12.9. The number of aromatic nitrogens is 2. The van der Waals surface area contributed by atoms with E-state index in [-0.39, 0.29) is 10.7 Å². The summed E-state index contributed by atoms with van der Waals surface area (Å²) in [5, 5.41) is 11.3. The lowest BCUT2D eigenvalue weighted by Gasteiger charge is -2.09. The molecular formula is C18H18FN5O2S. The van der Waals surface area contributed by atoms with E-state index in [0.29, 0.717) is 30.3 Å². The minimum absolute atomic E-state index is 0.0862. The molecule has 0 unspecified atom stereocenters. The summed E-state index contributed by atoms with van der Waals surface area (Å²) in [6, 6.07) is 14.2. The van der Waals surface area contributed by atoms with E-state index >= 15 is 0 Å². The van der Waals surface area contributed by atoms with Crippen LogP contribution in [-0.2, 0) is 16.4 Å². The minimum Gasteiger partial charge on any atom is -0.370 e. The molecule has 0 fully saturated rings. The van der Waals surface area contributed by atoms with Crippen molar-refractivity contribution < 1.29 is 12.8 Å². The van der Waals surface area contributed by atoms with Crippen molar-refractivity contribution in [3.8, 4) is 0 Å². The second-order valence-corrected chi connectivity index (χ2v) is 7.35. The van der Waals surface area contributed by atoms with Crippen LogP contribution < -0.4 is 15.8 Å². The zero-order valence-electron chi connectivity index (χ0n) is 14.3. The van der Waals surface area contributed by atoms with Crippen molar-refractivity contribution in [2.24, 2.45) is 5.14 Å². The molecule has 3 rings (SSSR count). The van der Waals surface area contributed by atoms with Crippen molar-refractivity contribution in [3.05, 3.63) is 72.3 Å². The van der Waals surface area contributed by atoms with Crippen molar-refractivity contribution in [3.63, 3.8) is 0 Å². The topological polar surface area (TPSA) is 110 Å². The average Bonchev–Trinajstić information content (AvgIpc) is 2.62. The molecule has 1 heterocycles. The van der Waals surface area contributed by atoms with Crippen molar-refractivity contribution in [2.75, 3.05) is 17.2 Å². The van der Waals surface area contributed by atoms with Crippen LogP contribution in [0.3, 0.4) is 0 Å². The third kappa shape index (κ3) is 5.47. The van der Waals surface area contributed by atoms with E-state index in [1.807, 2.05) is 0 Å². The molecule has 0 atom stereocenters. The summed E-state index contributed by atoms with van der Waals surface area (Å²) in [6.45, 7) is 0.588. The number of anilines is 3. The van der Waals surface area contributed by atoms with Gasteiger partial charge in [-0.3, -0.25) is 0 Å². The Bertz CT molecular complexity index is 1030. The molecule has 1 aromatic heterocycles. The van der Waals surface area contributed by atoms with Gasteiger partial charge in [-0.25, -0.2) is 27.9 Å². The predicted octanol–water partition coefficient (Wildman–Crippen LogP) is 2.66. The molecule has 0 aliphatic carbocycles. The van der Waals surface area contributed by atoms with Gasteiger partial charge >= 0.3 is 0 Å². The molecular weight excluding hydrogens is 369 g/mol. The Kier molecular flexibility index (Phi) is 5.63. The lowest BCUT2D eigenvalue weighted by atomic mass is 10.1. The van der Waals surface area contributed by atoms with Crippen LogP contribution in [0.25, 0.3) is 0 Å². The first kappa shape index (κ1) is 18.7. The van der Waals surface area contributed by atoms with E-state index in [0.717, 1.165) is 5.56 Å². The molecule has 0 amide bonds. The van der Waals surface area contributed by atoms with Crippen molar-refractivity contribution in [1.29, 1.82) is 0 Å². The Morgan fingerprint density at radius 3 is 2.44 bits per heavy atom. The van der Waals surface area contributed by atoms with E-state index in [9.17, 15) is 12.8 Å². The zero-order valence-corrected chi connectivity index (χ0v) is 15.1. The van der Waals surface area contributed by atoms with Crippen LogP contribution in [0.1, 0.15) is 5.56 Å². The highest BCUT2D eigenvalue weighted by molar-refractivity contribution is 7.89. The van der Waals surface area contributed by atoms with Gasteiger partial charge in [0.05, 0.1) is 4.90 Å². The Hall–Kier alpha value is -3.04. The largest absolute Gasteiger partial charge is 0.370 e. The van der Waals surface area contributed by atoms with E-state index in [1.165, 1.54) is 30.6 Å². The van der Waals surface area contributed by atoms with Gasteiger partial charge in [0.25, 0.3) is 0 Å². The molecule has 9 heteroatoms. The predicted molar refractivity (Wildman–Crippen MR) is 102 cm³/mol. The first-order valence-corrected chi connectivity index (χ1v) is 9.65.